The molecule has 0 aromatic heterocycles. The maximum atomic E-state index is 10.2. The maximum Gasteiger partial charge on any atom is 0.329 e. The molecule has 0 bridgehead atoms. The van der Waals surface area contributed by atoms with Gasteiger partial charge in [-0.15, -0.1) is 0 Å². The van der Waals surface area contributed by atoms with Crippen LogP contribution in [0.3, 0.4) is 0 Å². The number of carbonyl (C=O) groups is 1. The highest BCUT2D eigenvalue weighted by Crippen LogP contribution is 2.11. The summed E-state index contributed by atoms with van der Waals surface area (Å²) in [5.74, 6) is -0.966. The van der Waals surface area contributed by atoms with Gasteiger partial charge in [0.2, 0.25) is 0 Å². The van der Waals surface area contributed by atoms with E-state index in [1.165, 1.54) is 70.6 Å². The predicted octanol–water partition coefficient (Wildman–Crippen LogP) is 4.84. The first kappa shape index (κ1) is 27.3. The molecule has 0 radical (unpaired) electrons. The minimum Gasteiger partial charge on any atom is -0.480 e. The first-order valence-corrected chi connectivity index (χ1v) is 11.3. The standard InChI is InChI=1S/C22H44O6/c1-2-3-4-5-6-7-8-9-10-11-12-13-14-25-15-16-26-17-18-27-19-20-28-21-22(23)24/h2-21H2,1H3,(H,23,24). The zero-order chi connectivity index (χ0) is 20.5. The molecule has 0 aliphatic carbocycles. The van der Waals surface area contributed by atoms with Gasteiger partial charge in [-0.1, -0.05) is 77.6 Å². The van der Waals surface area contributed by atoms with Gasteiger partial charge in [-0.2, -0.15) is 0 Å². The third-order valence-electron chi connectivity index (χ3n) is 4.48. The van der Waals surface area contributed by atoms with Gasteiger partial charge in [-0.05, 0) is 6.42 Å². The topological polar surface area (TPSA) is 74.2 Å². The maximum absolute atomic E-state index is 10.2. The van der Waals surface area contributed by atoms with E-state index >= 15 is 0 Å². The predicted molar refractivity (Wildman–Crippen MR) is 112 cm³/mol. The van der Waals surface area contributed by atoms with Crippen LogP contribution in [0.5, 0.6) is 0 Å². The van der Waals surface area contributed by atoms with Crippen molar-refractivity contribution < 1.29 is 28.8 Å². The summed E-state index contributed by atoms with van der Waals surface area (Å²) in [5.41, 5.74) is 0. The SMILES string of the molecule is CCCCCCCCCCCCCCOCCOCCOCCOCC(=O)O. The summed E-state index contributed by atoms with van der Waals surface area (Å²) in [4.78, 5) is 10.2. The lowest BCUT2D eigenvalue weighted by Crippen LogP contribution is -2.14. The van der Waals surface area contributed by atoms with Gasteiger partial charge in [0.1, 0.15) is 6.61 Å². The van der Waals surface area contributed by atoms with Gasteiger partial charge < -0.3 is 24.1 Å². The minimum atomic E-state index is -0.966. The van der Waals surface area contributed by atoms with Crippen molar-refractivity contribution in [2.24, 2.45) is 0 Å². The van der Waals surface area contributed by atoms with Crippen molar-refractivity contribution in [3.8, 4) is 0 Å². The smallest absolute Gasteiger partial charge is 0.329 e. The highest BCUT2D eigenvalue weighted by atomic mass is 16.6. The number of ether oxygens (including phenoxy) is 4. The van der Waals surface area contributed by atoms with Gasteiger partial charge in [0.15, 0.2) is 0 Å². The number of carboxylic acids is 1. The second kappa shape index (κ2) is 24.3. The largest absolute Gasteiger partial charge is 0.480 e. The molecule has 0 saturated carbocycles. The van der Waals surface area contributed by atoms with Crippen molar-refractivity contribution in [1.29, 1.82) is 0 Å². The van der Waals surface area contributed by atoms with Crippen LogP contribution in [-0.2, 0) is 23.7 Å². The molecule has 6 nitrogen and oxygen atoms in total. The summed E-state index contributed by atoms with van der Waals surface area (Å²) in [5, 5.41) is 8.39. The van der Waals surface area contributed by atoms with E-state index in [-0.39, 0.29) is 13.2 Å². The molecule has 0 atom stereocenters. The number of hydrogen-bond acceptors (Lipinski definition) is 5. The zero-order valence-corrected chi connectivity index (χ0v) is 18.1. The van der Waals surface area contributed by atoms with E-state index < -0.39 is 5.97 Å². The van der Waals surface area contributed by atoms with Crippen molar-refractivity contribution in [1.82, 2.24) is 0 Å². The third kappa shape index (κ3) is 25.3. The van der Waals surface area contributed by atoms with Gasteiger partial charge in [-0.3, -0.25) is 0 Å². The molecule has 0 aliphatic rings. The second-order valence-corrected chi connectivity index (χ2v) is 7.17. The lowest BCUT2D eigenvalue weighted by atomic mass is 10.1. The summed E-state index contributed by atoms with van der Waals surface area (Å²) in [7, 11) is 0. The summed E-state index contributed by atoms with van der Waals surface area (Å²) in [6, 6.07) is 0. The Bertz CT molecular complexity index is 311. The van der Waals surface area contributed by atoms with Crippen molar-refractivity contribution in [2.45, 2.75) is 84.0 Å². The molecule has 1 N–H and O–H groups in total. The molecule has 0 saturated heterocycles. The van der Waals surface area contributed by atoms with Gasteiger partial charge >= 0.3 is 5.97 Å². The highest BCUT2D eigenvalue weighted by Gasteiger charge is 1.97. The Kier molecular flexibility index (Phi) is 23.7. The molecule has 0 fully saturated rings. The summed E-state index contributed by atoms with van der Waals surface area (Å²) >= 11 is 0. The molecular weight excluding hydrogens is 360 g/mol. The lowest BCUT2D eigenvalue weighted by Gasteiger charge is -2.07. The molecule has 0 amide bonds. The van der Waals surface area contributed by atoms with Gasteiger partial charge in [-0.25, -0.2) is 4.79 Å². The van der Waals surface area contributed by atoms with E-state index in [9.17, 15) is 4.79 Å². The molecular formula is C22H44O6. The third-order valence-corrected chi connectivity index (χ3v) is 4.48. The van der Waals surface area contributed by atoms with Crippen LogP contribution in [0, 0.1) is 0 Å². The molecule has 0 aromatic rings. The van der Waals surface area contributed by atoms with Crippen molar-refractivity contribution in [2.75, 3.05) is 52.9 Å². The number of carboxylic acid groups (broad SMARTS) is 1. The summed E-state index contributed by atoms with van der Waals surface area (Å²) < 4.78 is 21.1. The second-order valence-electron chi connectivity index (χ2n) is 7.17. The van der Waals surface area contributed by atoms with Crippen LogP contribution in [0.4, 0.5) is 0 Å². The number of rotatable bonds is 24. The summed E-state index contributed by atoms with van der Waals surface area (Å²) in [6.07, 6.45) is 16.3. The Balaban J connectivity index is 2.99. The Hall–Kier alpha value is -0.690. The van der Waals surface area contributed by atoms with Gasteiger partial charge in [0, 0.05) is 6.61 Å². The summed E-state index contributed by atoms with van der Waals surface area (Å²) in [6.45, 7) is 5.67. The molecule has 0 aromatic carbocycles. The van der Waals surface area contributed by atoms with Crippen LogP contribution in [0.2, 0.25) is 0 Å². The quantitative estimate of drug-likeness (QED) is 0.232. The Morgan fingerprint density at radius 3 is 1.32 bits per heavy atom. The van der Waals surface area contributed by atoms with Crippen LogP contribution in [0.15, 0.2) is 0 Å². The Morgan fingerprint density at radius 1 is 0.536 bits per heavy atom. The minimum absolute atomic E-state index is 0.281. The van der Waals surface area contributed by atoms with E-state index in [4.69, 9.17) is 24.1 Å². The van der Waals surface area contributed by atoms with Crippen LogP contribution < -0.4 is 0 Å². The van der Waals surface area contributed by atoms with Gasteiger partial charge in [0.25, 0.3) is 0 Å². The molecule has 0 heterocycles. The average Bonchev–Trinajstić information content (AvgIpc) is 2.68. The zero-order valence-electron chi connectivity index (χ0n) is 18.1. The van der Waals surface area contributed by atoms with E-state index in [1.54, 1.807) is 0 Å². The van der Waals surface area contributed by atoms with E-state index in [1.807, 2.05) is 0 Å². The van der Waals surface area contributed by atoms with Crippen LogP contribution in [0.25, 0.3) is 0 Å². The lowest BCUT2D eigenvalue weighted by molar-refractivity contribution is -0.142. The number of aliphatic carboxylic acids is 1. The van der Waals surface area contributed by atoms with Crippen molar-refractivity contribution in [3.63, 3.8) is 0 Å². The Morgan fingerprint density at radius 2 is 0.893 bits per heavy atom. The first-order chi connectivity index (χ1) is 13.8. The van der Waals surface area contributed by atoms with Crippen LogP contribution >= 0.6 is 0 Å². The average molecular weight is 405 g/mol. The number of hydrogen-bond donors (Lipinski definition) is 1. The molecule has 0 aliphatic heterocycles. The molecule has 6 heteroatoms. The first-order valence-electron chi connectivity index (χ1n) is 11.3. The molecule has 168 valence electrons. The van der Waals surface area contributed by atoms with Crippen molar-refractivity contribution >= 4 is 5.97 Å². The molecule has 0 rings (SSSR count). The Labute approximate surface area is 172 Å². The van der Waals surface area contributed by atoms with Crippen molar-refractivity contribution in [3.05, 3.63) is 0 Å². The monoisotopic (exact) mass is 404 g/mol. The van der Waals surface area contributed by atoms with E-state index in [0.29, 0.717) is 33.0 Å². The number of unbranched alkanes of at least 4 members (excludes halogenated alkanes) is 11. The van der Waals surface area contributed by atoms with Crippen LogP contribution in [-0.4, -0.2) is 63.9 Å². The van der Waals surface area contributed by atoms with E-state index in [2.05, 4.69) is 6.92 Å². The molecule has 0 unspecified atom stereocenters. The fourth-order valence-electron chi connectivity index (χ4n) is 2.86. The van der Waals surface area contributed by atoms with Crippen LogP contribution in [0.1, 0.15) is 84.0 Å². The normalized spacial score (nSPS) is 11.2. The highest BCUT2D eigenvalue weighted by molar-refractivity contribution is 5.67. The molecule has 0 spiro atoms. The fraction of sp³-hybridized carbons (Fsp3) is 0.955. The van der Waals surface area contributed by atoms with Gasteiger partial charge in [0.05, 0.1) is 39.6 Å². The molecule has 28 heavy (non-hydrogen) atoms. The van der Waals surface area contributed by atoms with E-state index in [0.717, 1.165) is 13.0 Å². The fourth-order valence-corrected chi connectivity index (χ4v) is 2.86.